The zero-order chi connectivity index (χ0) is 20.0. The molecule has 0 amide bonds. The molecule has 3 aromatic rings. The molecule has 3 atom stereocenters. The second kappa shape index (κ2) is 7.56. The van der Waals surface area contributed by atoms with Crippen molar-refractivity contribution < 1.29 is 0 Å². The van der Waals surface area contributed by atoms with Gasteiger partial charge >= 0.3 is 0 Å². The molecule has 152 valence electrons. The van der Waals surface area contributed by atoms with Gasteiger partial charge < -0.3 is 10.2 Å². The predicted molar refractivity (Wildman–Crippen MR) is 125 cm³/mol. The molecule has 6 heteroatoms. The third kappa shape index (κ3) is 3.45. The molecule has 4 nitrogen and oxygen atoms in total. The summed E-state index contributed by atoms with van der Waals surface area (Å²) in [6.07, 6.45) is 5.65. The molecule has 2 aromatic heterocycles. The monoisotopic (exact) mass is 424 g/mol. The van der Waals surface area contributed by atoms with Gasteiger partial charge in [-0.2, -0.15) is 0 Å². The molecular formula is C23H28N4S2. The molecule has 1 saturated heterocycles. The number of thioether (sulfide) groups is 1. The molecule has 0 radical (unpaired) electrons. The summed E-state index contributed by atoms with van der Waals surface area (Å²) < 4.78 is 1.43. The zero-order valence-corrected chi connectivity index (χ0v) is 18.9. The van der Waals surface area contributed by atoms with Crippen LogP contribution in [0, 0.1) is 5.92 Å². The Morgan fingerprint density at radius 3 is 3.03 bits per heavy atom. The number of rotatable bonds is 4. The molecule has 1 unspecified atom stereocenters. The lowest BCUT2D eigenvalue weighted by Crippen LogP contribution is -2.50. The first-order valence-electron chi connectivity index (χ1n) is 10.6. The lowest BCUT2D eigenvalue weighted by atomic mass is 9.77. The highest BCUT2D eigenvalue weighted by molar-refractivity contribution is 8.01. The first kappa shape index (κ1) is 19.3. The average Bonchev–Trinajstić information content (AvgIpc) is 3.32. The van der Waals surface area contributed by atoms with Crippen molar-refractivity contribution in [3.8, 4) is 0 Å². The largest absolute Gasteiger partial charge is 0.355 e. The number of likely N-dealkylation sites (tertiary alicyclic amines) is 1. The van der Waals surface area contributed by atoms with E-state index in [1.54, 1.807) is 11.3 Å². The molecule has 1 N–H and O–H groups in total. The first-order chi connectivity index (χ1) is 14.1. The standard InChI is InChI=1S/C23H28N4S2/c1-4-27-11-5-6-18(15(27)2)23(3)13-17-19(9-10-24-22(17)29-23)26-16-7-8-21-20(12-16)25-14-28-21/h7-10,12,14-15,18H,4-6,11,13H2,1-3H3,(H,24,26)/t15-,18-,23?/m1/s1. The molecule has 0 saturated carbocycles. The quantitative estimate of drug-likeness (QED) is 0.559. The maximum Gasteiger partial charge on any atom is 0.102 e. The summed E-state index contributed by atoms with van der Waals surface area (Å²) in [6.45, 7) is 9.57. The van der Waals surface area contributed by atoms with Gasteiger partial charge in [0.1, 0.15) is 5.03 Å². The second-order valence-corrected chi connectivity index (χ2v) is 10.9. The summed E-state index contributed by atoms with van der Waals surface area (Å²) in [5.74, 6) is 0.689. The molecule has 1 aromatic carbocycles. The molecule has 4 heterocycles. The molecule has 1 fully saturated rings. The van der Waals surface area contributed by atoms with Crippen molar-refractivity contribution in [1.29, 1.82) is 0 Å². The van der Waals surface area contributed by atoms with E-state index in [9.17, 15) is 0 Å². The van der Waals surface area contributed by atoms with Crippen LogP contribution in [0.1, 0.15) is 39.2 Å². The van der Waals surface area contributed by atoms with E-state index < -0.39 is 0 Å². The molecule has 29 heavy (non-hydrogen) atoms. The molecule has 2 aliphatic rings. The Bertz CT molecular complexity index is 1030. The Balaban J connectivity index is 1.42. The van der Waals surface area contributed by atoms with E-state index in [0.29, 0.717) is 12.0 Å². The normalized spacial score (nSPS) is 27.3. The minimum atomic E-state index is 0.208. The molecule has 0 bridgehead atoms. The summed E-state index contributed by atoms with van der Waals surface area (Å²) in [7, 11) is 0. The third-order valence-electron chi connectivity index (χ3n) is 6.79. The van der Waals surface area contributed by atoms with Gasteiger partial charge in [0.15, 0.2) is 0 Å². The number of hydrogen-bond acceptors (Lipinski definition) is 6. The Labute approximate surface area is 181 Å². The van der Waals surface area contributed by atoms with Crippen molar-refractivity contribution in [2.75, 3.05) is 18.4 Å². The number of aromatic nitrogens is 2. The summed E-state index contributed by atoms with van der Waals surface area (Å²) in [4.78, 5) is 11.9. The highest BCUT2D eigenvalue weighted by Gasteiger charge is 2.46. The van der Waals surface area contributed by atoms with Crippen LogP contribution >= 0.6 is 23.1 Å². The van der Waals surface area contributed by atoms with E-state index >= 15 is 0 Å². The van der Waals surface area contributed by atoms with Gasteiger partial charge in [-0.05, 0) is 76.4 Å². The van der Waals surface area contributed by atoms with Gasteiger partial charge in [0, 0.05) is 33.9 Å². The van der Waals surface area contributed by atoms with Gasteiger partial charge in [-0.25, -0.2) is 9.97 Å². The molecular weight excluding hydrogens is 396 g/mol. The van der Waals surface area contributed by atoms with Crippen molar-refractivity contribution in [3.05, 3.63) is 41.5 Å². The van der Waals surface area contributed by atoms with Crippen LogP contribution in [-0.2, 0) is 6.42 Å². The van der Waals surface area contributed by atoms with Crippen LogP contribution in [0.5, 0.6) is 0 Å². The Kier molecular flexibility index (Phi) is 5.04. The SMILES string of the molecule is CCN1CCC[C@@H](C2(C)Cc3c(Nc4ccc5scnc5c4)ccnc3S2)[C@H]1C. The summed E-state index contributed by atoms with van der Waals surface area (Å²) in [5, 5.41) is 4.86. The van der Waals surface area contributed by atoms with Crippen LogP contribution in [0.25, 0.3) is 10.2 Å². The van der Waals surface area contributed by atoms with Crippen LogP contribution in [0.3, 0.4) is 0 Å². The highest BCUT2D eigenvalue weighted by atomic mass is 32.2. The highest BCUT2D eigenvalue weighted by Crippen LogP contribution is 2.53. The van der Waals surface area contributed by atoms with Crippen molar-refractivity contribution in [1.82, 2.24) is 14.9 Å². The van der Waals surface area contributed by atoms with E-state index in [2.05, 4.69) is 60.2 Å². The molecule has 2 aliphatic heterocycles. The fraction of sp³-hybridized carbons (Fsp3) is 0.478. The summed E-state index contributed by atoms with van der Waals surface area (Å²) in [5.41, 5.74) is 6.63. The number of thiazole rings is 1. The van der Waals surface area contributed by atoms with Gasteiger partial charge in [0.05, 0.1) is 15.7 Å². The smallest absolute Gasteiger partial charge is 0.102 e. The Morgan fingerprint density at radius 1 is 1.28 bits per heavy atom. The number of nitrogens with one attached hydrogen (secondary N) is 1. The second-order valence-electron chi connectivity index (χ2n) is 8.51. The van der Waals surface area contributed by atoms with Crippen molar-refractivity contribution in [3.63, 3.8) is 0 Å². The minimum absolute atomic E-state index is 0.208. The van der Waals surface area contributed by atoms with Gasteiger partial charge in [0.2, 0.25) is 0 Å². The van der Waals surface area contributed by atoms with Crippen LogP contribution < -0.4 is 5.32 Å². The van der Waals surface area contributed by atoms with E-state index in [1.807, 2.05) is 23.5 Å². The van der Waals surface area contributed by atoms with Crippen molar-refractivity contribution >= 4 is 44.7 Å². The van der Waals surface area contributed by atoms with E-state index in [0.717, 1.165) is 24.2 Å². The Hall–Kier alpha value is -1.63. The lowest BCUT2D eigenvalue weighted by molar-refractivity contribution is 0.0910. The predicted octanol–water partition coefficient (Wildman–Crippen LogP) is 5.96. The number of benzene rings is 1. The topological polar surface area (TPSA) is 41.0 Å². The van der Waals surface area contributed by atoms with Crippen molar-refractivity contribution in [2.24, 2.45) is 5.92 Å². The minimum Gasteiger partial charge on any atom is -0.355 e. The first-order valence-corrected chi connectivity index (χ1v) is 12.3. The zero-order valence-electron chi connectivity index (χ0n) is 17.3. The Morgan fingerprint density at radius 2 is 2.17 bits per heavy atom. The van der Waals surface area contributed by atoms with Gasteiger partial charge in [-0.15, -0.1) is 11.3 Å². The van der Waals surface area contributed by atoms with Crippen molar-refractivity contribution in [2.45, 2.75) is 55.8 Å². The summed E-state index contributed by atoms with van der Waals surface area (Å²) in [6, 6.07) is 9.20. The van der Waals surface area contributed by atoms with E-state index in [-0.39, 0.29) is 4.75 Å². The lowest BCUT2D eigenvalue weighted by Gasteiger charge is -2.46. The van der Waals surface area contributed by atoms with Gasteiger partial charge in [-0.1, -0.05) is 18.7 Å². The summed E-state index contributed by atoms with van der Waals surface area (Å²) >= 11 is 3.69. The molecule has 0 aliphatic carbocycles. The number of nitrogens with zero attached hydrogens (tertiary/aromatic N) is 3. The van der Waals surface area contributed by atoms with Crippen LogP contribution in [0.2, 0.25) is 0 Å². The van der Waals surface area contributed by atoms with E-state index in [1.165, 1.54) is 40.4 Å². The van der Waals surface area contributed by atoms with Crippen LogP contribution in [0.15, 0.2) is 41.0 Å². The third-order valence-corrected chi connectivity index (χ3v) is 9.06. The van der Waals surface area contributed by atoms with Gasteiger partial charge in [-0.3, -0.25) is 0 Å². The van der Waals surface area contributed by atoms with Crippen LogP contribution in [0.4, 0.5) is 11.4 Å². The van der Waals surface area contributed by atoms with Crippen LogP contribution in [-0.4, -0.2) is 38.7 Å². The average molecular weight is 425 g/mol. The number of pyridine rings is 1. The number of hydrogen-bond donors (Lipinski definition) is 1. The number of anilines is 2. The maximum atomic E-state index is 4.76. The fourth-order valence-electron chi connectivity index (χ4n) is 5.23. The molecule has 0 spiro atoms. The molecule has 5 rings (SSSR count). The fourth-order valence-corrected chi connectivity index (χ4v) is 7.43. The van der Waals surface area contributed by atoms with E-state index in [4.69, 9.17) is 4.98 Å². The van der Waals surface area contributed by atoms with Gasteiger partial charge in [0.25, 0.3) is 0 Å². The number of fused-ring (bicyclic) bond motifs is 2. The maximum absolute atomic E-state index is 4.76. The number of piperidine rings is 1.